The van der Waals surface area contributed by atoms with Gasteiger partial charge in [-0.05, 0) is 29.6 Å². The molecule has 17 heavy (non-hydrogen) atoms. The number of carboxylic acids is 1. The lowest BCUT2D eigenvalue weighted by Crippen LogP contribution is -2.00. The number of hydrogen-bond donors (Lipinski definition) is 2. The lowest BCUT2D eigenvalue weighted by molar-refractivity contribution is 0.0697. The number of carbonyl (C=O) groups is 1. The van der Waals surface area contributed by atoms with E-state index in [2.05, 4.69) is 5.32 Å². The van der Waals surface area contributed by atoms with E-state index in [1.54, 1.807) is 29.5 Å². The van der Waals surface area contributed by atoms with Crippen LogP contribution in [0.15, 0.2) is 41.8 Å². The molecule has 0 atom stereocenters. The minimum atomic E-state index is -0.903. The Kier molecular flexibility index (Phi) is 5.00. The van der Waals surface area contributed by atoms with E-state index in [1.807, 2.05) is 23.6 Å². The van der Waals surface area contributed by atoms with Gasteiger partial charge in [0.05, 0.1) is 5.56 Å². The van der Waals surface area contributed by atoms with Crippen molar-refractivity contribution in [3.63, 3.8) is 0 Å². The molecule has 3 nitrogen and oxygen atoms in total. The van der Waals surface area contributed by atoms with Crippen LogP contribution < -0.4 is 5.32 Å². The van der Waals surface area contributed by atoms with Gasteiger partial charge < -0.3 is 10.4 Å². The van der Waals surface area contributed by atoms with Gasteiger partial charge in [0.15, 0.2) is 0 Å². The standard InChI is InChI=1S/C12H11NO2S.ClH/c14-12(15)9-3-1-4-10(7-9)13-8-11-5-2-6-16-11;/h1-7,13H,8H2,(H,14,15);1H. The molecule has 0 unspecified atom stereocenters. The molecule has 0 aliphatic heterocycles. The summed E-state index contributed by atoms with van der Waals surface area (Å²) in [5.41, 5.74) is 1.13. The van der Waals surface area contributed by atoms with Crippen molar-refractivity contribution < 1.29 is 9.90 Å². The Morgan fingerprint density at radius 1 is 1.29 bits per heavy atom. The molecule has 0 spiro atoms. The van der Waals surface area contributed by atoms with Gasteiger partial charge in [0.25, 0.3) is 0 Å². The molecule has 0 fully saturated rings. The summed E-state index contributed by atoms with van der Waals surface area (Å²) in [5, 5.41) is 14.0. The first-order valence-electron chi connectivity index (χ1n) is 4.85. The van der Waals surface area contributed by atoms with Crippen molar-refractivity contribution in [2.45, 2.75) is 6.54 Å². The highest BCUT2D eigenvalue weighted by Crippen LogP contribution is 2.14. The number of benzene rings is 1. The Balaban J connectivity index is 0.00000144. The van der Waals surface area contributed by atoms with Crippen LogP contribution >= 0.6 is 23.7 Å². The highest BCUT2D eigenvalue weighted by molar-refractivity contribution is 7.09. The predicted octanol–water partition coefficient (Wildman–Crippen LogP) is 3.48. The predicted molar refractivity (Wildman–Crippen MR) is 72.3 cm³/mol. The minimum Gasteiger partial charge on any atom is -0.478 e. The zero-order valence-corrected chi connectivity index (χ0v) is 10.6. The maximum atomic E-state index is 10.8. The van der Waals surface area contributed by atoms with Gasteiger partial charge in [0.2, 0.25) is 0 Å². The highest BCUT2D eigenvalue weighted by Gasteiger charge is 2.02. The summed E-state index contributed by atoms with van der Waals surface area (Å²) in [4.78, 5) is 12.0. The molecule has 0 saturated carbocycles. The molecule has 0 radical (unpaired) electrons. The van der Waals surface area contributed by atoms with E-state index in [-0.39, 0.29) is 12.4 Å². The van der Waals surface area contributed by atoms with Crippen LogP contribution in [0.2, 0.25) is 0 Å². The monoisotopic (exact) mass is 269 g/mol. The second-order valence-electron chi connectivity index (χ2n) is 3.32. The van der Waals surface area contributed by atoms with Crippen LogP contribution in [0.1, 0.15) is 15.2 Å². The van der Waals surface area contributed by atoms with Gasteiger partial charge in [-0.15, -0.1) is 23.7 Å². The molecular weight excluding hydrogens is 258 g/mol. The SMILES string of the molecule is Cl.O=C(O)c1cccc(NCc2cccs2)c1. The maximum absolute atomic E-state index is 10.8. The summed E-state index contributed by atoms with van der Waals surface area (Å²) in [6, 6.07) is 10.9. The van der Waals surface area contributed by atoms with E-state index >= 15 is 0 Å². The maximum Gasteiger partial charge on any atom is 0.335 e. The smallest absolute Gasteiger partial charge is 0.335 e. The molecule has 0 amide bonds. The normalized spacial score (nSPS) is 9.41. The fourth-order valence-corrected chi connectivity index (χ4v) is 2.01. The fourth-order valence-electron chi connectivity index (χ4n) is 1.36. The largest absolute Gasteiger partial charge is 0.478 e. The summed E-state index contributed by atoms with van der Waals surface area (Å²) in [7, 11) is 0. The van der Waals surface area contributed by atoms with Crippen molar-refractivity contribution in [1.82, 2.24) is 0 Å². The first-order chi connectivity index (χ1) is 7.75. The van der Waals surface area contributed by atoms with Crippen molar-refractivity contribution in [1.29, 1.82) is 0 Å². The number of halogens is 1. The first-order valence-corrected chi connectivity index (χ1v) is 5.73. The molecule has 2 aromatic rings. The van der Waals surface area contributed by atoms with E-state index in [4.69, 9.17) is 5.11 Å². The van der Waals surface area contributed by atoms with Gasteiger partial charge in [-0.25, -0.2) is 4.79 Å². The van der Waals surface area contributed by atoms with Crippen LogP contribution in [0, 0.1) is 0 Å². The Morgan fingerprint density at radius 2 is 2.12 bits per heavy atom. The number of rotatable bonds is 4. The second-order valence-corrected chi connectivity index (χ2v) is 4.35. The number of nitrogens with one attached hydrogen (secondary N) is 1. The number of carboxylic acid groups (broad SMARTS) is 1. The Bertz CT molecular complexity index is 485. The van der Waals surface area contributed by atoms with Crippen LogP contribution in [0.5, 0.6) is 0 Å². The minimum absolute atomic E-state index is 0. The lowest BCUT2D eigenvalue weighted by Gasteiger charge is -2.05. The molecule has 1 heterocycles. The molecule has 2 N–H and O–H groups in total. The van der Waals surface area contributed by atoms with Gasteiger partial charge >= 0.3 is 5.97 Å². The molecule has 0 bridgehead atoms. The molecule has 5 heteroatoms. The molecule has 0 aliphatic rings. The Morgan fingerprint density at radius 3 is 2.76 bits per heavy atom. The average Bonchev–Trinajstić information content (AvgIpc) is 2.79. The van der Waals surface area contributed by atoms with Gasteiger partial charge in [-0.1, -0.05) is 12.1 Å². The van der Waals surface area contributed by atoms with Gasteiger partial charge in [-0.3, -0.25) is 0 Å². The molecule has 1 aromatic heterocycles. The first kappa shape index (κ1) is 13.5. The van der Waals surface area contributed by atoms with Gasteiger partial charge in [-0.2, -0.15) is 0 Å². The molecule has 0 saturated heterocycles. The quantitative estimate of drug-likeness (QED) is 0.893. The number of thiophene rings is 1. The van der Waals surface area contributed by atoms with E-state index in [1.165, 1.54) is 4.88 Å². The van der Waals surface area contributed by atoms with Crippen molar-refractivity contribution in [3.05, 3.63) is 52.2 Å². The second kappa shape index (κ2) is 6.27. The van der Waals surface area contributed by atoms with Crippen molar-refractivity contribution >= 4 is 35.4 Å². The molecule has 1 aromatic carbocycles. The summed E-state index contributed by atoms with van der Waals surface area (Å²) in [6.45, 7) is 0.723. The van der Waals surface area contributed by atoms with E-state index in [0.29, 0.717) is 5.56 Å². The topological polar surface area (TPSA) is 49.3 Å². The van der Waals surface area contributed by atoms with Crippen LogP contribution in [0.4, 0.5) is 5.69 Å². The average molecular weight is 270 g/mol. The third-order valence-corrected chi connectivity index (χ3v) is 3.03. The highest BCUT2D eigenvalue weighted by atomic mass is 35.5. The zero-order chi connectivity index (χ0) is 11.4. The summed E-state index contributed by atoms with van der Waals surface area (Å²) < 4.78 is 0. The molecule has 90 valence electrons. The van der Waals surface area contributed by atoms with Gasteiger partial charge in [0, 0.05) is 17.1 Å². The number of hydrogen-bond acceptors (Lipinski definition) is 3. The third-order valence-electron chi connectivity index (χ3n) is 2.16. The van der Waals surface area contributed by atoms with E-state index < -0.39 is 5.97 Å². The third kappa shape index (κ3) is 3.76. The van der Waals surface area contributed by atoms with Crippen LogP contribution in [-0.2, 0) is 6.54 Å². The van der Waals surface area contributed by atoms with Crippen molar-refractivity contribution in [3.8, 4) is 0 Å². The van der Waals surface area contributed by atoms with Crippen molar-refractivity contribution in [2.75, 3.05) is 5.32 Å². The van der Waals surface area contributed by atoms with Crippen LogP contribution in [0.3, 0.4) is 0 Å². The summed E-state index contributed by atoms with van der Waals surface area (Å²) >= 11 is 1.67. The van der Waals surface area contributed by atoms with Gasteiger partial charge in [0.1, 0.15) is 0 Å². The Hall–Kier alpha value is -1.52. The number of aromatic carboxylic acids is 1. The van der Waals surface area contributed by atoms with E-state index in [0.717, 1.165) is 12.2 Å². The van der Waals surface area contributed by atoms with Crippen LogP contribution in [0.25, 0.3) is 0 Å². The molecular formula is C12H12ClNO2S. The molecule has 0 aliphatic carbocycles. The summed E-state index contributed by atoms with van der Waals surface area (Å²) in [5.74, 6) is -0.903. The van der Waals surface area contributed by atoms with Crippen molar-refractivity contribution in [2.24, 2.45) is 0 Å². The fraction of sp³-hybridized carbons (Fsp3) is 0.0833. The summed E-state index contributed by atoms with van der Waals surface area (Å²) in [6.07, 6.45) is 0. The Labute approximate surface area is 110 Å². The zero-order valence-electron chi connectivity index (χ0n) is 8.92. The lowest BCUT2D eigenvalue weighted by atomic mass is 10.2. The number of anilines is 1. The molecule has 2 rings (SSSR count). The van der Waals surface area contributed by atoms with E-state index in [9.17, 15) is 4.79 Å². The van der Waals surface area contributed by atoms with Crippen LogP contribution in [-0.4, -0.2) is 11.1 Å².